The summed E-state index contributed by atoms with van der Waals surface area (Å²) < 4.78 is 0. The highest BCUT2D eigenvalue weighted by Gasteiger charge is 2.26. The van der Waals surface area contributed by atoms with Gasteiger partial charge in [0, 0.05) is 25.2 Å². The molecule has 1 heterocycles. The Morgan fingerprint density at radius 3 is 2.69 bits per heavy atom. The van der Waals surface area contributed by atoms with E-state index in [1.54, 1.807) is 0 Å². The molecule has 1 aliphatic rings. The van der Waals surface area contributed by atoms with Crippen molar-refractivity contribution in [2.24, 2.45) is 0 Å². The van der Waals surface area contributed by atoms with Gasteiger partial charge in [-0.25, -0.2) is 0 Å². The first kappa shape index (κ1) is 11.6. The van der Waals surface area contributed by atoms with Crippen LogP contribution in [0.1, 0.15) is 31.4 Å². The second-order valence-corrected chi connectivity index (χ2v) is 4.60. The minimum atomic E-state index is 0.597. The van der Waals surface area contributed by atoms with Gasteiger partial charge in [0.2, 0.25) is 0 Å². The van der Waals surface area contributed by atoms with Crippen LogP contribution < -0.4 is 5.32 Å². The predicted octanol–water partition coefficient (Wildman–Crippen LogP) is 2.43. The molecule has 88 valence electrons. The molecule has 0 radical (unpaired) electrons. The number of likely N-dealkylation sites (tertiary alicyclic amines) is 1. The van der Waals surface area contributed by atoms with Crippen LogP contribution in [0.25, 0.3) is 0 Å². The van der Waals surface area contributed by atoms with Crippen molar-refractivity contribution in [3.05, 3.63) is 35.9 Å². The zero-order valence-electron chi connectivity index (χ0n) is 10.3. The molecular formula is C14H22N2. The Labute approximate surface area is 98.7 Å². The molecule has 1 aromatic rings. The third kappa shape index (κ3) is 2.45. The first-order chi connectivity index (χ1) is 7.85. The maximum absolute atomic E-state index is 3.38. The van der Waals surface area contributed by atoms with Crippen LogP contribution in [0.3, 0.4) is 0 Å². The fourth-order valence-corrected chi connectivity index (χ4v) is 2.69. The SMILES string of the molecule is CCC(c1ccccc1)N1CC[C@H](NC)C1. The Hall–Kier alpha value is -0.860. The molecule has 1 aromatic carbocycles. The molecule has 1 fully saturated rings. The summed E-state index contributed by atoms with van der Waals surface area (Å²) >= 11 is 0. The van der Waals surface area contributed by atoms with Crippen LogP contribution in [-0.4, -0.2) is 31.1 Å². The molecule has 2 nitrogen and oxygen atoms in total. The van der Waals surface area contributed by atoms with Crippen molar-refractivity contribution in [2.75, 3.05) is 20.1 Å². The van der Waals surface area contributed by atoms with Gasteiger partial charge < -0.3 is 5.32 Å². The predicted molar refractivity (Wildman–Crippen MR) is 68.5 cm³/mol. The fourth-order valence-electron chi connectivity index (χ4n) is 2.69. The van der Waals surface area contributed by atoms with Gasteiger partial charge in [0.05, 0.1) is 0 Å². The minimum absolute atomic E-state index is 0.597. The molecule has 1 N–H and O–H groups in total. The normalized spacial score (nSPS) is 23.5. The average molecular weight is 218 g/mol. The maximum Gasteiger partial charge on any atom is 0.0346 e. The van der Waals surface area contributed by atoms with Crippen molar-refractivity contribution >= 4 is 0 Å². The Morgan fingerprint density at radius 1 is 1.38 bits per heavy atom. The molecule has 2 rings (SSSR count). The van der Waals surface area contributed by atoms with Crippen LogP contribution in [0.5, 0.6) is 0 Å². The second kappa shape index (κ2) is 5.46. The van der Waals surface area contributed by atoms with Gasteiger partial charge in [0.15, 0.2) is 0 Å². The Morgan fingerprint density at radius 2 is 2.12 bits per heavy atom. The molecule has 0 saturated carbocycles. The van der Waals surface area contributed by atoms with Crippen molar-refractivity contribution in [3.63, 3.8) is 0 Å². The maximum atomic E-state index is 3.38. The van der Waals surface area contributed by atoms with E-state index in [0.717, 1.165) is 0 Å². The fraction of sp³-hybridized carbons (Fsp3) is 0.571. The van der Waals surface area contributed by atoms with E-state index in [9.17, 15) is 0 Å². The van der Waals surface area contributed by atoms with E-state index in [-0.39, 0.29) is 0 Å². The van der Waals surface area contributed by atoms with Gasteiger partial charge in [-0.1, -0.05) is 37.3 Å². The number of hydrogen-bond donors (Lipinski definition) is 1. The standard InChI is InChI=1S/C14H22N2/c1-3-14(12-7-5-4-6-8-12)16-10-9-13(11-16)15-2/h4-8,13-15H,3,9-11H2,1-2H3/t13-,14?/m0/s1. The number of hydrogen-bond acceptors (Lipinski definition) is 2. The highest BCUT2D eigenvalue weighted by molar-refractivity contribution is 5.19. The average Bonchev–Trinajstić information content (AvgIpc) is 2.80. The van der Waals surface area contributed by atoms with E-state index in [4.69, 9.17) is 0 Å². The zero-order chi connectivity index (χ0) is 11.4. The lowest BCUT2D eigenvalue weighted by atomic mass is 10.0. The van der Waals surface area contributed by atoms with Crippen molar-refractivity contribution in [2.45, 2.75) is 31.8 Å². The highest BCUT2D eigenvalue weighted by atomic mass is 15.2. The Bertz CT molecular complexity index is 310. The monoisotopic (exact) mass is 218 g/mol. The van der Waals surface area contributed by atoms with Gasteiger partial charge in [-0.15, -0.1) is 0 Å². The van der Waals surface area contributed by atoms with Crippen LogP contribution in [-0.2, 0) is 0 Å². The zero-order valence-corrected chi connectivity index (χ0v) is 10.3. The lowest BCUT2D eigenvalue weighted by Gasteiger charge is -2.27. The Balaban J connectivity index is 2.06. The van der Waals surface area contributed by atoms with Gasteiger partial charge in [-0.3, -0.25) is 4.90 Å². The van der Waals surface area contributed by atoms with E-state index in [1.165, 1.54) is 31.5 Å². The van der Waals surface area contributed by atoms with Crippen molar-refractivity contribution in [1.82, 2.24) is 10.2 Å². The third-order valence-corrected chi connectivity index (χ3v) is 3.64. The van der Waals surface area contributed by atoms with E-state index < -0.39 is 0 Å². The summed E-state index contributed by atoms with van der Waals surface area (Å²) in [5.41, 5.74) is 1.46. The molecule has 0 aromatic heterocycles. The summed E-state index contributed by atoms with van der Waals surface area (Å²) in [6, 6.07) is 12.2. The van der Waals surface area contributed by atoms with Crippen LogP contribution in [0, 0.1) is 0 Å². The summed E-state index contributed by atoms with van der Waals surface area (Å²) in [6.07, 6.45) is 2.47. The summed E-state index contributed by atoms with van der Waals surface area (Å²) in [5.74, 6) is 0. The number of nitrogens with one attached hydrogen (secondary N) is 1. The summed E-state index contributed by atoms with van der Waals surface area (Å²) in [6.45, 7) is 4.69. The molecule has 2 heteroatoms. The van der Waals surface area contributed by atoms with Crippen LogP contribution in [0.2, 0.25) is 0 Å². The minimum Gasteiger partial charge on any atom is -0.316 e. The van der Waals surface area contributed by atoms with E-state index in [1.807, 2.05) is 0 Å². The summed E-state index contributed by atoms with van der Waals surface area (Å²) in [7, 11) is 2.07. The molecule has 0 amide bonds. The van der Waals surface area contributed by atoms with E-state index in [2.05, 4.69) is 54.5 Å². The summed E-state index contributed by atoms with van der Waals surface area (Å²) in [4.78, 5) is 2.61. The van der Waals surface area contributed by atoms with Crippen LogP contribution in [0.4, 0.5) is 0 Å². The van der Waals surface area contributed by atoms with Crippen molar-refractivity contribution in [1.29, 1.82) is 0 Å². The molecule has 0 bridgehead atoms. The van der Waals surface area contributed by atoms with Gasteiger partial charge in [-0.2, -0.15) is 0 Å². The molecule has 16 heavy (non-hydrogen) atoms. The first-order valence-corrected chi connectivity index (χ1v) is 6.31. The number of nitrogens with zero attached hydrogens (tertiary/aromatic N) is 1. The molecule has 0 aliphatic carbocycles. The largest absolute Gasteiger partial charge is 0.316 e. The molecule has 2 atom stereocenters. The van der Waals surface area contributed by atoms with Gasteiger partial charge in [0.1, 0.15) is 0 Å². The summed E-state index contributed by atoms with van der Waals surface area (Å²) in [5, 5.41) is 3.38. The lowest BCUT2D eigenvalue weighted by Crippen LogP contribution is -2.31. The van der Waals surface area contributed by atoms with Crippen molar-refractivity contribution in [3.8, 4) is 0 Å². The third-order valence-electron chi connectivity index (χ3n) is 3.64. The molecule has 1 saturated heterocycles. The van der Waals surface area contributed by atoms with Gasteiger partial charge in [0.25, 0.3) is 0 Å². The van der Waals surface area contributed by atoms with Gasteiger partial charge in [-0.05, 0) is 25.5 Å². The molecule has 0 spiro atoms. The second-order valence-electron chi connectivity index (χ2n) is 4.60. The molecular weight excluding hydrogens is 196 g/mol. The molecule has 1 aliphatic heterocycles. The van der Waals surface area contributed by atoms with Gasteiger partial charge >= 0.3 is 0 Å². The van der Waals surface area contributed by atoms with Crippen LogP contribution >= 0.6 is 0 Å². The Kier molecular flexibility index (Phi) is 3.97. The number of rotatable bonds is 4. The number of benzene rings is 1. The number of likely N-dealkylation sites (N-methyl/N-ethyl adjacent to an activating group) is 1. The topological polar surface area (TPSA) is 15.3 Å². The smallest absolute Gasteiger partial charge is 0.0346 e. The van der Waals surface area contributed by atoms with E-state index >= 15 is 0 Å². The quantitative estimate of drug-likeness (QED) is 0.835. The highest BCUT2D eigenvalue weighted by Crippen LogP contribution is 2.27. The lowest BCUT2D eigenvalue weighted by molar-refractivity contribution is 0.234. The first-order valence-electron chi connectivity index (χ1n) is 6.31. The van der Waals surface area contributed by atoms with Crippen LogP contribution in [0.15, 0.2) is 30.3 Å². The molecule has 1 unspecified atom stereocenters. The van der Waals surface area contributed by atoms with E-state index in [0.29, 0.717) is 12.1 Å². The van der Waals surface area contributed by atoms with Crippen molar-refractivity contribution < 1.29 is 0 Å².